The van der Waals surface area contributed by atoms with Gasteiger partial charge in [0.2, 0.25) is 0 Å². The molecule has 0 atom stereocenters. The summed E-state index contributed by atoms with van der Waals surface area (Å²) < 4.78 is 10.2. The van der Waals surface area contributed by atoms with Gasteiger partial charge in [-0.25, -0.2) is 14.6 Å². The summed E-state index contributed by atoms with van der Waals surface area (Å²) in [6, 6.07) is 7.28. The van der Waals surface area contributed by atoms with Crippen molar-refractivity contribution in [3.63, 3.8) is 0 Å². The molecule has 1 aromatic heterocycles. The number of imidazole rings is 1. The van der Waals surface area contributed by atoms with E-state index >= 15 is 0 Å². The third kappa shape index (κ3) is 2.63. The fraction of sp³-hybridized carbons (Fsp3) is 0.188. The van der Waals surface area contributed by atoms with Crippen molar-refractivity contribution in [2.45, 2.75) is 19.6 Å². The van der Waals surface area contributed by atoms with E-state index < -0.39 is 17.7 Å². The van der Waals surface area contributed by atoms with Gasteiger partial charge in [0.05, 0.1) is 0 Å². The Labute approximate surface area is 126 Å². The maximum absolute atomic E-state index is 12.0. The number of rotatable bonds is 2. The number of nitrogens with zero attached hydrogens (tertiary/aromatic N) is 1. The van der Waals surface area contributed by atoms with Crippen molar-refractivity contribution in [2.24, 2.45) is 0 Å². The second-order valence-electron chi connectivity index (χ2n) is 5.26. The maximum Gasteiger partial charge on any atom is 0.348 e. The van der Waals surface area contributed by atoms with Gasteiger partial charge in [-0.2, -0.15) is 0 Å². The summed E-state index contributed by atoms with van der Waals surface area (Å²) in [4.78, 5) is 31.2. The summed E-state index contributed by atoms with van der Waals surface area (Å²) in [5, 5.41) is 0. The molecule has 1 aliphatic heterocycles. The molecule has 0 bridgehead atoms. The Hall–Kier alpha value is -2.89. The van der Waals surface area contributed by atoms with E-state index in [9.17, 15) is 9.59 Å². The second kappa shape index (κ2) is 5.14. The van der Waals surface area contributed by atoms with E-state index in [0.717, 1.165) is 5.56 Å². The topological polar surface area (TPSA) is 81.3 Å². The minimum Gasteiger partial charge on any atom is -0.419 e. The molecular formula is C16H14N2O4. The van der Waals surface area contributed by atoms with Gasteiger partial charge in [0.25, 0.3) is 5.79 Å². The predicted octanol–water partition coefficient (Wildman–Crippen LogP) is 2.30. The number of H-pyrrole nitrogens is 1. The van der Waals surface area contributed by atoms with E-state index in [1.165, 1.54) is 19.9 Å². The van der Waals surface area contributed by atoms with Crippen LogP contribution in [-0.2, 0) is 19.1 Å². The molecule has 6 nitrogen and oxygen atoms in total. The Morgan fingerprint density at radius 2 is 1.82 bits per heavy atom. The second-order valence-corrected chi connectivity index (χ2v) is 5.26. The Bertz CT molecular complexity index is 738. The number of cyclic esters (lactones) is 2. The first-order chi connectivity index (χ1) is 10.5. The zero-order valence-electron chi connectivity index (χ0n) is 12.1. The lowest BCUT2D eigenvalue weighted by Gasteiger charge is -2.29. The fourth-order valence-corrected chi connectivity index (χ4v) is 2.19. The minimum absolute atomic E-state index is 0.140. The first-order valence-electron chi connectivity index (χ1n) is 6.73. The summed E-state index contributed by atoms with van der Waals surface area (Å²) in [5.74, 6) is -2.00. The molecule has 1 fully saturated rings. The van der Waals surface area contributed by atoms with Gasteiger partial charge in [-0.3, -0.25) is 0 Å². The van der Waals surface area contributed by atoms with Crippen LogP contribution in [0.1, 0.15) is 19.4 Å². The van der Waals surface area contributed by atoms with Crippen molar-refractivity contribution in [2.75, 3.05) is 0 Å². The quantitative estimate of drug-likeness (QED) is 0.522. The van der Waals surface area contributed by atoms with Crippen LogP contribution < -0.4 is 0 Å². The van der Waals surface area contributed by atoms with Crippen LogP contribution in [0.2, 0.25) is 0 Å². The monoisotopic (exact) mass is 298 g/mol. The van der Waals surface area contributed by atoms with E-state index in [1.54, 1.807) is 18.5 Å². The number of carbonyl (C=O) groups is 2. The molecule has 0 amide bonds. The average molecular weight is 298 g/mol. The number of hydrogen-bond acceptors (Lipinski definition) is 5. The maximum atomic E-state index is 12.0. The van der Waals surface area contributed by atoms with Crippen molar-refractivity contribution in [3.05, 3.63) is 47.8 Å². The zero-order valence-corrected chi connectivity index (χ0v) is 12.1. The summed E-state index contributed by atoms with van der Waals surface area (Å²) in [7, 11) is 0. The van der Waals surface area contributed by atoms with E-state index in [-0.39, 0.29) is 5.57 Å². The average Bonchev–Trinajstić information content (AvgIpc) is 2.96. The summed E-state index contributed by atoms with van der Waals surface area (Å²) >= 11 is 0. The van der Waals surface area contributed by atoms with Gasteiger partial charge in [0.1, 0.15) is 11.4 Å². The van der Waals surface area contributed by atoms with Crippen molar-refractivity contribution >= 4 is 18.0 Å². The van der Waals surface area contributed by atoms with Gasteiger partial charge in [0, 0.05) is 31.8 Å². The fourth-order valence-electron chi connectivity index (χ4n) is 2.19. The Morgan fingerprint density at radius 1 is 1.14 bits per heavy atom. The van der Waals surface area contributed by atoms with Crippen LogP contribution in [0.5, 0.6) is 0 Å². The highest BCUT2D eigenvalue weighted by molar-refractivity contribution is 6.19. The van der Waals surface area contributed by atoms with Crippen LogP contribution in [0.4, 0.5) is 0 Å². The third-order valence-electron chi connectivity index (χ3n) is 3.13. The van der Waals surface area contributed by atoms with Gasteiger partial charge in [-0.15, -0.1) is 0 Å². The number of ether oxygens (including phenoxy) is 2. The number of aromatic amines is 1. The Kier molecular flexibility index (Phi) is 3.29. The molecule has 2 aromatic rings. The van der Waals surface area contributed by atoms with Crippen molar-refractivity contribution < 1.29 is 19.1 Å². The number of benzene rings is 1. The van der Waals surface area contributed by atoms with Crippen LogP contribution in [0.25, 0.3) is 17.5 Å². The largest absolute Gasteiger partial charge is 0.419 e. The summed E-state index contributed by atoms with van der Waals surface area (Å²) in [6.07, 6.45) is 4.79. The lowest BCUT2D eigenvalue weighted by Crippen LogP contribution is -2.41. The molecule has 6 heteroatoms. The van der Waals surface area contributed by atoms with Crippen LogP contribution in [0.3, 0.4) is 0 Å². The van der Waals surface area contributed by atoms with Crippen molar-refractivity contribution in [1.29, 1.82) is 0 Å². The highest BCUT2D eigenvalue weighted by Gasteiger charge is 2.38. The van der Waals surface area contributed by atoms with Gasteiger partial charge in [-0.1, -0.05) is 24.3 Å². The number of hydrogen-bond donors (Lipinski definition) is 1. The molecule has 0 aliphatic carbocycles. The van der Waals surface area contributed by atoms with Crippen LogP contribution in [0.15, 0.2) is 42.2 Å². The molecule has 0 unspecified atom stereocenters. The van der Waals surface area contributed by atoms with Crippen LogP contribution in [0, 0.1) is 0 Å². The van der Waals surface area contributed by atoms with Gasteiger partial charge < -0.3 is 14.5 Å². The van der Waals surface area contributed by atoms with Gasteiger partial charge >= 0.3 is 11.9 Å². The molecule has 0 radical (unpaired) electrons. The molecule has 2 heterocycles. The minimum atomic E-state index is -1.24. The smallest absolute Gasteiger partial charge is 0.348 e. The molecule has 1 N–H and O–H groups in total. The normalized spacial score (nSPS) is 16.9. The molecular weight excluding hydrogens is 284 g/mol. The van der Waals surface area contributed by atoms with E-state index in [0.29, 0.717) is 11.4 Å². The van der Waals surface area contributed by atoms with Crippen LogP contribution >= 0.6 is 0 Å². The number of esters is 2. The standard InChI is InChI=1S/C16H14N2O4/c1-16(2)21-14(19)12(15(20)22-16)9-10-5-3-4-6-11(10)13-17-7-8-18-13/h3-9H,1-2H3,(H,17,18). The molecule has 22 heavy (non-hydrogen) atoms. The predicted molar refractivity (Wildman–Crippen MR) is 78.3 cm³/mol. The van der Waals surface area contributed by atoms with Crippen molar-refractivity contribution in [3.8, 4) is 11.4 Å². The number of aromatic nitrogens is 2. The lowest BCUT2D eigenvalue weighted by atomic mass is 10.0. The molecule has 1 aromatic carbocycles. The first kappa shape index (κ1) is 14.1. The molecule has 0 saturated carbocycles. The first-order valence-corrected chi connectivity index (χ1v) is 6.73. The SMILES string of the molecule is CC1(C)OC(=O)C(=Cc2ccccc2-c2ncc[nH]2)C(=O)O1. The lowest BCUT2D eigenvalue weighted by molar-refractivity contribution is -0.222. The highest BCUT2D eigenvalue weighted by Crippen LogP contribution is 2.27. The van der Waals surface area contributed by atoms with E-state index in [2.05, 4.69) is 9.97 Å². The van der Waals surface area contributed by atoms with Gasteiger partial charge in [-0.05, 0) is 11.6 Å². The summed E-state index contributed by atoms with van der Waals surface area (Å²) in [5.41, 5.74) is 1.30. The zero-order chi connectivity index (χ0) is 15.7. The Morgan fingerprint density at radius 3 is 2.45 bits per heavy atom. The number of nitrogens with one attached hydrogen (secondary N) is 1. The van der Waals surface area contributed by atoms with Crippen molar-refractivity contribution in [1.82, 2.24) is 9.97 Å². The van der Waals surface area contributed by atoms with Crippen LogP contribution in [-0.4, -0.2) is 27.7 Å². The summed E-state index contributed by atoms with van der Waals surface area (Å²) in [6.45, 7) is 3.02. The number of carbonyl (C=O) groups excluding carboxylic acids is 2. The molecule has 1 aliphatic rings. The molecule has 0 spiro atoms. The van der Waals surface area contributed by atoms with E-state index in [4.69, 9.17) is 9.47 Å². The third-order valence-corrected chi connectivity index (χ3v) is 3.13. The van der Waals surface area contributed by atoms with Gasteiger partial charge in [0.15, 0.2) is 0 Å². The highest BCUT2D eigenvalue weighted by atomic mass is 16.7. The Balaban J connectivity index is 2.03. The molecule has 112 valence electrons. The molecule has 3 rings (SSSR count). The van der Waals surface area contributed by atoms with E-state index in [1.807, 2.05) is 18.2 Å². The molecule has 1 saturated heterocycles.